The van der Waals surface area contributed by atoms with Gasteiger partial charge < -0.3 is 10.5 Å². The average Bonchev–Trinajstić information content (AvgIpc) is 2.73. The number of ether oxygens (including phenoxy) is 1. The standard InChI is InChI=1S/C23H33ClN2O6S/c24-19-13-12-17(20(27)14-15-22(28)32-23(25)29)16-21(19)33(30,31)26-18-10-8-6-4-2-1-3-5-7-9-11-18/h12-13,16,18,26H,1-11,14-15H2,(H2,25,29). The highest BCUT2D eigenvalue weighted by Gasteiger charge is 2.24. The van der Waals surface area contributed by atoms with E-state index in [1.165, 1.54) is 50.3 Å². The van der Waals surface area contributed by atoms with Gasteiger partial charge in [-0.2, -0.15) is 0 Å². The van der Waals surface area contributed by atoms with Crippen molar-refractivity contribution in [2.24, 2.45) is 5.73 Å². The van der Waals surface area contributed by atoms with Gasteiger partial charge in [0.1, 0.15) is 4.90 Å². The highest BCUT2D eigenvalue weighted by atomic mass is 35.5. The predicted octanol–water partition coefficient (Wildman–Crippen LogP) is 4.88. The molecule has 3 N–H and O–H groups in total. The minimum atomic E-state index is -3.95. The van der Waals surface area contributed by atoms with Crippen molar-refractivity contribution in [1.29, 1.82) is 0 Å². The molecule has 1 aromatic rings. The molecule has 0 aliphatic heterocycles. The Hall–Kier alpha value is -1.97. The van der Waals surface area contributed by atoms with E-state index in [1.54, 1.807) is 0 Å². The molecule has 2 rings (SSSR count). The van der Waals surface area contributed by atoms with Gasteiger partial charge in [0.2, 0.25) is 10.0 Å². The molecule has 1 fully saturated rings. The van der Waals surface area contributed by atoms with E-state index in [-0.39, 0.29) is 34.4 Å². The first-order valence-electron chi connectivity index (χ1n) is 11.5. The van der Waals surface area contributed by atoms with Crippen LogP contribution in [-0.2, 0) is 19.6 Å². The molecule has 0 aromatic heterocycles. The lowest BCUT2D eigenvalue weighted by atomic mass is 9.98. The summed E-state index contributed by atoms with van der Waals surface area (Å²) in [6.45, 7) is 0. The molecular weight excluding hydrogens is 468 g/mol. The maximum Gasteiger partial charge on any atom is 0.412 e. The van der Waals surface area contributed by atoms with Crippen LogP contribution in [0.1, 0.15) is 93.8 Å². The molecule has 1 aromatic carbocycles. The topological polar surface area (TPSA) is 133 Å². The zero-order chi connectivity index (χ0) is 24.3. The molecule has 1 aliphatic carbocycles. The minimum absolute atomic E-state index is 0.0142. The molecule has 1 amide bonds. The van der Waals surface area contributed by atoms with Crippen LogP contribution in [0.15, 0.2) is 23.1 Å². The number of ketones is 1. The molecule has 0 saturated heterocycles. The summed E-state index contributed by atoms with van der Waals surface area (Å²) in [5, 5.41) is 0.0142. The maximum atomic E-state index is 13.1. The van der Waals surface area contributed by atoms with E-state index in [4.69, 9.17) is 17.3 Å². The lowest BCUT2D eigenvalue weighted by molar-refractivity contribution is -0.137. The second-order valence-electron chi connectivity index (χ2n) is 8.44. The van der Waals surface area contributed by atoms with Crippen LogP contribution in [0.3, 0.4) is 0 Å². The van der Waals surface area contributed by atoms with Crippen molar-refractivity contribution in [3.8, 4) is 0 Å². The normalized spacial score (nSPS) is 16.9. The number of hydrogen-bond donors (Lipinski definition) is 2. The number of sulfonamides is 1. The fourth-order valence-corrected chi connectivity index (χ4v) is 5.80. The van der Waals surface area contributed by atoms with Gasteiger partial charge in [-0.3, -0.25) is 9.59 Å². The van der Waals surface area contributed by atoms with Crippen molar-refractivity contribution in [2.45, 2.75) is 94.4 Å². The molecule has 0 spiro atoms. The van der Waals surface area contributed by atoms with E-state index < -0.39 is 27.9 Å². The number of nitrogens with one attached hydrogen (secondary N) is 1. The van der Waals surface area contributed by atoms with E-state index in [0.29, 0.717) is 0 Å². The predicted molar refractivity (Wildman–Crippen MR) is 126 cm³/mol. The summed E-state index contributed by atoms with van der Waals surface area (Å²) in [6, 6.07) is 3.79. The molecule has 0 bridgehead atoms. The number of carbonyl (C=O) groups is 3. The summed E-state index contributed by atoms with van der Waals surface area (Å²) in [6.07, 6.45) is 9.82. The smallest absolute Gasteiger partial charge is 0.376 e. The number of Topliss-reactive ketones (excluding diaryl/α,β-unsaturated/α-hetero) is 1. The number of esters is 1. The fourth-order valence-electron chi connectivity index (χ4n) is 3.97. The monoisotopic (exact) mass is 500 g/mol. The van der Waals surface area contributed by atoms with Crippen LogP contribution >= 0.6 is 11.6 Å². The Morgan fingerprint density at radius 3 is 2.03 bits per heavy atom. The van der Waals surface area contributed by atoms with Crippen molar-refractivity contribution >= 4 is 39.5 Å². The first-order valence-corrected chi connectivity index (χ1v) is 13.4. The van der Waals surface area contributed by atoms with Crippen molar-refractivity contribution in [3.63, 3.8) is 0 Å². The number of hydrogen-bond acceptors (Lipinski definition) is 6. The summed E-state index contributed by atoms with van der Waals surface area (Å²) in [5.74, 6) is -1.41. The molecule has 1 aliphatic rings. The Morgan fingerprint density at radius 1 is 0.939 bits per heavy atom. The van der Waals surface area contributed by atoms with Crippen LogP contribution < -0.4 is 10.5 Å². The zero-order valence-electron chi connectivity index (χ0n) is 18.8. The Balaban J connectivity index is 2.08. The number of nitrogens with two attached hydrogens (primary N) is 1. The molecule has 0 atom stereocenters. The molecule has 1 saturated carbocycles. The number of carbonyl (C=O) groups excluding carboxylic acids is 3. The molecule has 0 heterocycles. The molecule has 8 nitrogen and oxygen atoms in total. The molecule has 0 unspecified atom stereocenters. The highest BCUT2D eigenvalue weighted by molar-refractivity contribution is 7.89. The van der Waals surface area contributed by atoms with Crippen molar-refractivity contribution in [1.82, 2.24) is 4.72 Å². The van der Waals surface area contributed by atoms with E-state index >= 15 is 0 Å². The summed E-state index contributed by atoms with van der Waals surface area (Å²) >= 11 is 6.18. The molecule has 33 heavy (non-hydrogen) atoms. The second-order valence-corrected chi connectivity index (χ2v) is 10.5. The first kappa shape index (κ1) is 27.3. The molecule has 0 radical (unpaired) electrons. The van der Waals surface area contributed by atoms with Gasteiger partial charge in [-0.15, -0.1) is 0 Å². The van der Waals surface area contributed by atoms with E-state index in [9.17, 15) is 22.8 Å². The Labute approximate surface area is 200 Å². The van der Waals surface area contributed by atoms with Crippen LogP contribution in [0, 0.1) is 0 Å². The van der Waals surface area contributed by atoms with Crippen LogP contribution in [0.2, 0.25) is 5.02 Å². The summed E-state index contributed by atoms with van der Waals surface area (Å²) < 4.78 is 33.2. The molecule has 184 valence electrons. The summed E-state index contributed by atoms with van der Waals surface area (Å²) in [4.78, 5) is 34.3. The SMILES string of the molecule is NC(=O)OC(=O)CCC(=O)c1ccc(Cl)c(S(=O)(=O)NC2CCCCCCCCCCC2)c1. The summed E-state index contributed by atoms with van der Waals surface area (Å²) in [7, 11) is -3.95. The third-order valence-electron chi connectivity index (χ3n) is 5.74. The minimum Gasteiger partial charge on any atom is -0.376 e. The zero-order valence-corrected chi connectivity index (χ0v) is 20.4. The number of rotatable bonds is 7. The number of amides is 1. The Bertz CT molecular complexity index is 923. The van der Waals surface area contributed by atoms with Gasteiger partial charge in [0, 0.05) is 18.0 Å². The van der Waals surface area contributed by atoms with Crippen LogP contribution in [0.25, 0.3) is 0 Å². The van der Waals surface area contributed by atoms with Gasteiger partial charge in [-0.1, -0.05) is 69.4 Å². The Kier molecular flexibility index (Phi) is 11.3. The third-order valence-corrected chi connectivity index (χ3v) is 7.74. The van der Waals surface area contributed by atoms with Gasteiger partial charge in [0.25, 0.3) is 0 Å². The van der Waals surface area contributed by atoms with Crippen molar-refractivity contribution in [2.75, 3.05) is 0 Å². The summed E-state index contributed by atoms with van der Waals surface area (Å²) in [5.41, 5.74) is 4.87. The van der Waals surface area contributed by atoms with Gasteiger partial charge in [0.15, 0.2) is 5.78 Å². The van der Waals surface area contributed by atoms with Gasteiger partial charge in [0.05, 0.1) is 11.4 Å². The lowest BCUT2D eigenvalue weighted by Crippen LogP contribution is -2.35. The number of benzene rings is 1. The lowest BCUT2D eigenvalue weighted by Gasteiger charge is -2.20. The second kappa shape index (κ2) is 13.7. The Morgan fingerprint density at radius 2 is 1.48 bits per heavy atom. The van der Waals surface area contributed by atoms with Gasteiger partial charge in [-0.05, 0) is 31.0 Å². The molecular formula is C23H33ClN2O6S. The van der Waals surface area contributed by atoms with E-state index in [1.807, 2.05) is 0 Å². The van der Waals surface area contributed by atoms with E-state index in [2.05, 4.69) is 9.46 Å². The van der Waals surface area contributed by atoms with Gasteiger partial charge in [-0.25, -0.2) is 17.9 Å². The highest BCUT2D eigenvalue weighted by Crippen LogP contribution is 2.25. The van der Waals surface area contributed by atoms with Crippen LogP contribution in [0.4, 0.5) is 4.79 Å². The fraction of sp³-hybridized carbons (Fsp3) is 0.609. The number of primary amides is 1. The van der Waals surface area contributed by atoms with Crippen LogP contribution in [-0.4, -0.2) is 32.3 Å². The maximum absolute atomic E-state index is 13.1. The largest absolute Gasteiger partial charge is 0.412 e. The first-order chi connectivity index (χ1) is 15.7. The van der Waals surface area contributed by atoms with Gasteiger partial charge >= 0.3 is 12.1 Å². The van der Waals surface area contributed by atoms with Crippen molar-refractivity contribution in [3.05, 3.63) is 28.8 Å². The van der Waals surface area contributed by atoms with Crippen molar-refractivity contribution < 1.29 is 27.5 Å². The van der Waals surface area contributed by atoms with Crippen LogP contribution in [0.5, 0.6) is 0 Å². The number of halogens is 1. The third kappa shape index (κ3) is 9.81. The van der Waals surface area contributed by atoms with E-state index in [0.717, 1.165) is 38.5 Å². The quantitative estimate of drug-likeness (QED) is 0.311. The average molecular weight is 501 g/mol. The molecule has 10 heteroatoms.